The maximum absolute atomic E-state index is 12.8. The second-order valence-corrected chi connectivity index (χ2v) is 9.00. The monoisotopic (exact) mass is 409 g/mol. The minimum atomic E-state index is 0.114. The standard InChI is InChI=1S/C25H35N3O2/c29-24(10-9-21-7-3-1-4-8-21)27-19-13-23(14-20-27)26-17-11-22(12-18-26)25(30)28-15-5-2-6-16-28/h1,3-4,7-10,22-23H,2,5-6,11-20H2/b10-9+. The lowest BCUT2D eigenvalue weighted by molar-refractivity contribution is -0.138. The van der Waals surface area contributed by atoms with Gasteiger partial charge in [0.25, 0.3) is 0 Å². The van der Waals surface area contributed by atoms with Crippen molar-refractivity contribution in [3.8, 4) is 0 Å². The van der Waals surface area contributed by atoms with Crippen LogP contribution in [0, 0.1) is 5.92 Å². The molecule has 30 heavy (non-hydrogen) atoms. The summed E-state index contributed by atoms with van der Waals surface area (Å²) in [6, 6.07) is 10.5. The van der Waals surface area contributed by atoms with Crippen molar-refractivity contribution in [2.75, 3.05) is 39.3 Å². The van der Waals surface area contributed by atoms with E-state index in [-0.39, 0.29) is 11.8 Å². The molecule has 0 unspecified atom stereocenters. The lowest BCUT2D eigenvalue weighted by Crippen LogP contribution is -2.50. The molecule has 0 atom stereocenters. The number of carbonyl (C=O) groups is 2. The zero-order valence-corrected chi connectivity index (χ0v) is 18.0. The molecule has 5 heteroatoms. The highest BCUT2D eigenvalue weighted by Crippen LogP contribution is 2.26. The van der Waals surface area contributed by atoms with E-state index in [4.69, 9.17) is 0 Å². The predicted molar refractivity (Wildman–Crippen MR) is 120 cm³/mol. The SMILES string of the molecule is O=C(/C=C/c1ccccc1)N1CCC(N2CCC(C(=O)N3CCCCC3)CC2)CC1. The summed E-state index contributed by atoms with van der Waals surface area (Å²) in [5.74, 6) is 0.743. The van der Waals surface area contributed by atoms with Crippen molar-refractivity contribution in [1.29, 1.82) is 0 Å². The summed E-state index contributed by atoms with van der Waals surface area (Å²) < 4.78 is 0. The van der Waals surface area contributed by atoms with Crippen LogP contribution in [-0.2, 0) is 9.59 Å². The first-order valence-electron chi connectivity index (χ1n) is 11.8. The number of nitrogens with zero attached hydrogens (tertiary/aromatic N) is 3. The van der Waals surface area contributed by atoms with Gasteiger partial charge in [-0.1, -0.05) is 30.3 Å². The highest BCUT2D eigenvalue weighted by atomic mass is 16.2. The maximum Gasteiger partial charge on any atom is 0.246 e. The van der Waals surface area contributed by atoms with E-state index in [0.29, 0.717) is 11.9 Å². The second kappa shape index (κ2) is 10.3. The van der Waals surface area contributed by atoms with Gasteiger partial charge in [-0.3, -0.25) is 9.59 Å². The Bertz CT molecular complexity index is 726. The zero-order chi connectivity index (χ0) is 20.8. The average molecular weight is 410 g/mol. The van der Waals surface area contributed by atoms with Gasteiger partial charge in [0.05, 0.1) is 0 Å². The van der Waals surface area contributed by atoms with E-state index in [0.717, 1.165) is 70.5 Å². The van der Waals surface area contributed by atoms with Crippen molar-refractivity contribution in [3.63, 3.8) is 0 Å². The van der Waals surface area contributed by atoms with Crippen LogP contribution in [0.4, 0.5) is 0 Å². The molecule has 2 amide bonds. The van der Waals surface area contributed by atoms with Crippen LogP contribution in [0.1, 0.15) is 50.5 Å². The topological polar surface area (TPSA) is 43.9 Å². The second-order valence-electron chi connectivity index (χ2n) is 9.00. The molecule has 1 aromatic rings. The Labute approximate surface area is 180 Å². The quantitative estimate of drug-likeness (QED) is 0.716. The fraction of sp³-hybridized carbons (Fsp3) is 0.600. The number of amides is 2. The van der Waals surface area contributed by atoms with Crippen molar-refractivity contribution >= 4 is 17.9 Å². The Hall–Kier alpha value is -2.14. The van der Waals surface area contributed by atoms with Crippen molar-refractivity contribution < 1.29 is 9.59 Å². The van der Waals surface area contributed by atoms with E-state index in [9.17, 15) is 9.59 Å². The molecule has 0 saturated carbocycles. The minimum Gasteiger partial charge on any atom is -0.342 e. The summed E-state index contributed by atoms with van der Waals surface area (Å²) in [6.07, 6.45) is 11.3. The van der Waals surface area contributed by atoms with E-state index in [1.807, 2.05) is 41.3 Å². The van der Waals surface area contributed by atoms with Gasteiger partial charge >= 0.3 is 0 Å². The molecule has 5 nitrogen and oxygen atoms in total. The molecule has 3 heterocycles. The molecule has 3 aliphatic heterocycles. The van der Waals surface area contributed by atoms with E-state index >= 15 is 0 Å². The molecule has 0 bridgehead atoms. The van der Waals surface area contributed by atoms with Crippen LogP contribution in [-0.4, -0.2) is 71.8 Å². The Morgan fingerprint density at radius 1 is 0.767 bits per heavy atom. The number of piperidine rings is 3. The number of likely N-dealkylation sites (tertiary alicyclic amines) is 3. The van der Waals surface area contributed by atoms with Crippen LogP contribution in [0.5, 0.6) is 0 Å². The summed E-state index contributed by atoms with van der Waals surface area (Å²) >= 11 is 0. The van der Waals surface area contributed by atoms with Gasteiger partial charge in [-0.2, -0.15) is 0 Å². The molecule has 1 aromatic carbocycles. The molecule has 3 saturated heterocycles. The van der Waals surface area contributed by atoms with Gasteiger partial charge in [0.2, 0.25) is 11.8 Å². The van der Waals surface area contributed by atoms with Gasteiger partial charge in [-0.05, 0) is 69.7 Å². The van der Waals surface area contributed by atoms with E-state index in [1.165, 1.54) is 19.3 Å². The Morgan fingerprint density at radius 2 is 1.43 bits per heavy atom. The van der Waals surface area contributed by atoms with Crippen molar-refractivity contribution in [1.82, 2.24) is 14.7 Å². The van der Waals surface area contributed by atoms with Crippen molar-refractivity contribution in [2.45, 2.75) is 51.0 Å². The lowest BCUT2D eigenvalue weighted by Gasteiger charge is -2.42. The van der Waals surface area contributed by atoms with Crippen LogP contribution < -0.4 is 0 Å². The normalized spacial score (nSPS) is 22.5. The van der Waals surface area contributed by atoms with Gasteiger partial charge in [-0.15, -0.1) is 0 Å². The first-order chi connectivity index (χ1) is 14.7. The fourth-order valence-corrected chi connectivity index (χ4v) is 5.17. The Morgan fingerprint density at radius 3 is 2.10 bits per heavy atom. The fourth-order valence-electron chi connectivity index (χ4n) is 5.17. The highest BCUT2D eigenvalue weighted by molar-refractivity contribution is 5.91. The molecular weight excluding hydrogens is 374 g/mol. The molecule has 3 aliphatic rings. The summed E-state index contributed by atoms with van der Waals surface area (Å²) in [7, 11) is 0. The first kappa shape index (κ1) is 21.1. The van der Waals surface area contributed by atoms with Crippen LogP contribution >= 0.6 is 0 Å². The molecular formula is C25H35N3O2. The molecule has 3 fully saturated rings. The molecule has 162 valence electrons. The van der Waals surface area contributed by atoms with E-state index in [1.54, 1.807) is 6.08 Å². The maximum atomic E-state index is 12.8. The molecule has 0 radical (unpaired) electrons. The molecule has 4 rings (SSSR count). The smallest absolute Gasteiger partial charge is 0.246 e. The Balaban J connectivity index is 1.20. The summed E-state index contributed by atoms with van der Waals surface area (Å²) in [5.41, 5.74) is 1.06. The van der Waals surface area contributed by atoms with Crippen LogP contribution in [0.2, 0.25) is 0 Å². The van der Waals surface area contributed by atoms with Crippen LogP contribution in [0.15, 0.2) is 36.4 Å². The van der Waals surface area contributed by atoms with Crippen LogP contribution in [0.3, 0.4) is 0 Å². The largest absolute Gasteiger partial charge is 0.342 e. The predicted octanol–water partition coefficient (Wildman–Crippen LogP) is 3.42. The lowest BCUT2D eigenvalue weighted by atomic mass is 9.91. The van der Waals surface area contributed by atoms with Gasteiger partial charge < -0.3 is 14.7 Å². The number of carbonyl (C=O) groups excluding carboxylic acids is 2. The van der Waals surface area contributed by atoms with Gasteiger partial charge in [-0.25, -0.2) is 0 Å². The number of benzene rings is 1. The zero-order valence-electron chi connectivity index (χ0n) is 18.0. The minimum absolute atomic E-state index is 0.114. The molecule has 0 aromatic heterocycles. The third-order valence-corrected chi connectivity index (χ3v) is 7.06. The third-order valence-electron chi connectivity index (χ3n) is 7.06. The van der Waals surface area contributed by atoms with Crippen molar-refractivity contribution in [3.05, 3.63) is 42.0 Å². The van der Waals surface area contributed by atoms with Gasteiger partial charge in [0.15, 0.2) is 0 Å². The summed E-state index contributed by atoms with van der Waals surface area (Å²) in [5, 5.41) is 0. The summed E-state index contributed by atoms with van der Waals surface area (Å²) in [6.45, 7) is 5.63. The molecule has 0 N–H and O–H groups in total. The first-order valence-corrected chi connectivity index (χ1v) is 11.8. The van der Waals surface area contributed by atoms with Crippen molar-refractivity contribution in [2.24, 2.45) is 5.92 Å². The molecule has 0 spiro atoms. The number of hydrogen-bond acceptors (Lipinski definition) is 3. The number of hydrogen-bond donors (Lipinski definition) is 0. The third kappa shape index (κ3) is 5.31. The molecule has 0 aliphatic carbocycles. The average Bonchev–Trinajstić information content (AvgIpc) is 2.83. The van der Waals surface area contributed by atoms with E-state index < -0.39 is 0 Å². The summed E-state index contributed by atoms with van der Waals surface area (Å²) in [4.78, 5) is 31.9. The highest BCUT2D eigenvalue weighted by Gasteiger charge is 2.33. The van der Waals surface area contributed by atoms with E-state index in [2.05, 4.69) is 9.80 Å². The van der Waals surface area contributed by atoms with Crippen LogP contribution in [0.25, 0.3) is 6.08 Å². The Kier molecular flexibility index (Phi) is 7.21. The van der Waals surface area contributed by atoms with Gasteiger partial charge in [0, 0.05) is 44.2 Å². The number of rotatable bonds is 4. The van der Waals surface area contributed by atoms with Gasteiger partial charge in [0.1, 0.15) is 0 Å².